The molecule has 2 N–H and O–H groups in total. The predicted molar refractivity (Wildman–Crippen MR) is 70.7 cm³/mol. The maximum absolute atomic E-state index is 13.5. The molecule has 1 aromatic carbocycles. The fourth-order valence-corrected chi connectivity index (χ4v) is 1.63. The number of hydrogen-bond acceptors (Lipinski definition) is 4. The van der Waals surface area contributed by atoms with Gasteiger partial charge in [-0.3, -0.25) is 9.69 Å². The molecule has 0 atom stereocenters. The minimum Gasteiger partial charge on any atom is -0.507 e. The summed E-state index contributed by atoms with van der Waals surface area (Å²) in [6, 6.07) is 2.23. The van der Waals surface area contributed by atoms with E-state index in [2.05, 4.69) is 0 Å². The molecule has 0 heterocycles. The third kappa shape index (κ3) is 3.52. The van der Waals surface area contributed by atoms with Crippen LogP contribution in [-0.4, -0.2) is 40.1 Å². The van der Waals surface area contributed by atoms with Crippen LogP contribution in [0.15, 0.2) is 12.1 Å². The van der Waals surface area contributed by atoms with Crippen LogP contribution in [0.4, 0.5) is 4.39 Å². The monoisotopic (exact) mass is 269 g/mol. The van der Waals surface area contributed by atoms with Crippen LogP contribution < -0.4 is 0 Å². The van der Waals surface area contributed by atoms with Crippen molar-refractivity contribution in [2.75, 3.05) is 13.7 Å². The molecule has 1 aromatic rings. The Bertz CT molecular complexity index is 486. The van der Waals surface area contributed by atoms with E-state index in [1.807, 2.05) is 13.8 Å². The smallest absolute Gasteiger partial charge is 0.163 e. The molecule has 0 radical (unpaired) electrons. The van der Waals surface area contributed by atoms with Gasteiger partial charge in [-0.15, -0.1) is 0 Å². The highest BCUT2D eigenvalue weighted by atomic mass is 19.1. The molecule has 0 aromatic heterocycles. The first kappa shape index (κ1) is 15.6. The number of hydrogen-bond donors (Lipinski definition) is 2. The Labute approximate surface area is 112 Å². The predicted octanol–water partition coefficient (Wildman–Crippen LogP) is 1.94. The number of carbonyl (C=O) groups is 1. The second-order valence-electron chi connectivity index (χ2n) is 5.34. The van der Waals surface area contributed by atoms with Crippen LogP contribution >= 0.6 is 0 Å². The van der Waals surface area contributed by atoms with E-state index in [1.54, 1.807) is 11.9 Å². The van der Waals surface area contributed by atoms with Crippen molar-refractivity contribution >= 4 is 5.78 Å². The third-order valence-corrected chi connectivity index (χ3v) is 3.36. The van der Waals surface area contributed by atoms with Crippen LogP contribution in [-0.2, 0) is 6.54 Å². The molecule has 0 bridgehead atoms. The van der Waals surface area contributed by atoms with Gasteiger partial charge in [0.25, 0.3) is 0 Å². The highest BCUT2D eigenvalue weighted by Gasteiger charge is 2.24. The van der Waals surface area contributed by atoms with Gasteiger partial charge in [0.1, 0.15) is 11.6 Å². The summed E-state index contributed by atoms with van der Waals surface area (Å²) in [5, 5.41) is 19.3. The van der Waals surface area contributed by atoms with Crippen molar-refractivity contribution in [2.45, 2.75) is 32.9 Å². The number of Topliss-reactive ketones (excluding diaryl/α,β-unsaturated/α-hetero) is 1. The molecule has 0 unspecified atom stereocenters. The molecule has 0 aliphatic carbocycles. The second-order valence-corrected chi connectivity index (χ2v) is 5.34. The number of carbonyl (C=O) groups excluding carboxylic acids is 1. The average Bonchev–Trinajstić information content (AvgIpc) is 2.32. The van der Waals surface area contributed by atoms with Gasteiger partial charge in [-0.2, -0.15) is 0 Å². The molecular weight excluding hydrogens is 249 g/mol. The number of rotatable bonds is 5. The number of nitrogens with zero attached hydrogens (tertiary/aromatic N) is 1. The largest absolute Gasteiger partial charge is 0.507 e. The molecule has 0 saturated heterocycles. The number of aliphatic hydroxyl groups is 1. The molecule has 0 amide bonds. The summed E-state index contributed by atoms with van der Waals surface area (Å²) in [5.74, 6) is -1.15. The van der Waals surface area contributed by atoms with Crippen molar-refractivity contribution in [1.29, 1.82) is 0 Å². The van der Waals surface area contributed by atoms with E-state index >= 15 is 0 Å². The zero-order valence-corrected chi connectivity index (χ0v) is 11.7. The van der Waals surface area contributed by atoms with Crippen LogP contribution in [0, 0.1) is 5.82 Å². The lowest BCUT2D eigenvalue weighted by atomic mass is 10.0. The van der Waals surface area contributed by atoms with Gasteiger partial charge < -0.3 is 10.2 Å². The van der Waals surface area contributed by atoms with Gasteiger partial charge >= 0.3 is 0 Å². The number of benzene rings is 1. The molecule has 106 valence electrons. The first-order chi connectivity index (χ1) is 8.69. The fraction of sp³-hybridized carbons (Fsp3) is 0.500. The Morgan fingerprint density at radius 2 is 2.00 bits per heavy atom. The van der Waals surface area contributed by atoms with Crippen molar-refractivity contribution in [1.82, 2.24) is 4.90 Å². The molecule has 0 aliphatic rings. The number of aliphatic hydroxyl groups excluding tert-OH is 1. The Kier molecular flexibility index (Phi) is 4.66. The highest BCUT2D eigenvalue weighted by Crippen LogP contribution is 2.27. The second kappa shape index (κ2) is 5.67. The van der Waals surface area contributed by atoms with Crippen LogP contribution in [0.25, 0.3) is 0 Å². The lowest BCUT2D eigenvalue weighted by molar-refractivity contribution is 0.0727. The summed E-state index contributed by atoms with van der Waals surface area (Å²) < 4.78 is 13.5. The van der Waals surface area contributed by atoms with Gasteiger partial charge in [-0.25, -0.2) is 4.39 Å². The molecule has 5 heteroatoms. The Balaban J connectivity index is 3.12. The van der Waals surface area contributed by atoms with E-state index in [-0.39, 0.29) is 30.2 Å². The highest BCUT2D eigenvalue weighted by molar-refractivity contribution is 5.97. The van der Waals surface area contributed by atoms with E-state index in [9.17, 15) is 19.4 Å². The lowest BCUT2D eigenvalue weighted by Gasteiger charge is -2.34. The van der Waals surface area contributed by atoms with E-state index in [0.717, 1.165) is 6.07 Å². The molecule has 0 saturated carbocycles. The summed E-state index contributed by atoms with van der Waals surface area (Å²) in [7, 11) is 1.76. The first-order valence-corrected chi connectivity index (χ1v) is 6.03. The van der Waals surface area contributed by atoms with Crippen molar-refractivity contribution in [3.63, 3.8) is 0 Å². The summed E-state index contributed by atoms with van der Waals surface area (Å²) in [5.41, 5.74) is -0.200. The SMILES string of the molecule is CC(=O)c1cc(F)cc(CN(C)C(C)(C)CO)c1O. The van der Waals surface area contributed by atoms with E-state index in [0.29, 0.717) is 5.56 Å². The Morgan fingerprint density at radius 3 is 2.47 bits per heavy atom. The van der Waals surface area contributed by atoms with Gasteiger partial charge in [0.15, 0.2) is 5.78 Å². The van der Waals surface area contributed by atoms with E-state index < -0.39 is 11.4 Å². The Morgan fingerprint density at radius 1 is 1.42 bits per heavy atom. The fourth-order valence-electron chi connectivity index (χ4n) is 1.63. The molecule has 4 nitrogen and oxygen atoms in total. The summed E-state index contributed by atoms with van der Waals surface area (Å²) >= 11 is 0. The van der Waals surface area contributed by atoms with E-state index in [4.69, 9.17) is 0 Å². The molecule has 0 aliphatic heterocycles. The van der Waals surface area contributed by atoms with Crippen LogP contribution in [0.3, 0.4) is 0 Å². The van der Waals surface area contributed by atoms with Gasteiger partial charge in [-0.05, 0) is 40.0 Å². The number of likely N-dealkylation sites (N-methyl/N-ethyl adjacent to an activating group) is 1. The molecule has 0 spiro atoms. The van der Waals surface area contributed by atoms with Gasteiger partial charge in [0.05, 0.1) is 12.2 Å². The van der Waals surface area contributed by atoms with Crippen LogP contribution in [0.5, 0.6) is 5.75 Å². The van der Waals surface area contributed by atoms with Gasteiger partial charge in [-0.1, -0.05) is 0 Å². The number of halogens is 1. The third-order valence-electron chi connectivity index (χ3n) is 3.36. The molecule has 19 heavy (non-hydrogen) atoms. The van der Waals surface area contributed by atoms with Gasteiger partial charge in [0.2, 0.25) is 0 Å². The number of ketones is 1. The van der Waals surface area contributed by atoms with Crippen LogP contribution in [0.1, 0.15) is 36.7 Å². The van der Waals surface area contributed by atoms with Crippen molar-refractivity contribution in [3.8, 4) is 5.75 Å². The number of phenolic OH excluding ortho intramolecular Hbond substituents is 1. The summed E-state index contributed by atoms with van der Waals surface area (Å²) in [6.07, 6.45) is 0. The Hall–Kier alpha value is -1.46. The topological polar surface area (TPSA) is 60.8 Å². The standard InChI is InChI=1S/C14H20FNO3/c1-9(18)12-6-11(15)5-10(13(12)19)7-16(4)14(2,3)8-17/h5-6,17,19H,7-8H2,1-4H3. The summed E-state index contributed by atoms with van der Waals surface area (Å²) in [6.45, 7) is 5.10. The maximum Gasteiger partial charge on any atom is 0.163 e. The summed E-state index contributed by atoms with van der Waals surface area (Å²) in [4.78, 5) is 13.1. The quantitative estimate of drug-likeness (QED) is 0.802. The minimum absolute atomic E-state index is 0.0230. The number of phenols is 1. The maximum atomic E-state index is 13.5. The molecule has 0 fully saturated rings. The zero-order valence-electron chi connectivity index (χ0n) is 11.7. The first-order valence-electron chi connectivity index (χ1n) is 6.03. The molecule has 1 rings (SSSR count). The average molecular weight is 269 g/mol. The lowest BCUT2D eigenvalue weighted by Crippen LogP contribution is -2.43. The van der Waals surface area contributed by atoms with Crippen molar-refractivity contribution in [3.05, 3.63) is 29.1 Å². The van der Waals surface area contributed by atoms with Crippen molar-refractivity contribution in [2.24, 2.45) is 0 Å². The normalized spacial score (nSPS) is 11.9. The number of aromatic hydroxyl groups is 1. The molecular formula is C14H20FNO3. The van der Waals surface area contributed by atoms with E-state index in [1.165, 1.54) is 13.0 Å². The van der Waals surface area contributed by atoms with Crippen LogP contribution in [0.2, 0.25) is 0 Å². The minimum atomic E-state index is -0.562. The zero-order chi connectivity index (χ0) is 14.8. The van der Waals surface area contributed by atoms with Gasteiger partial charge in [0, 0.05) is 17.6 Å². The van der Waals surface area contributed by atoms with Crippen molar-refractivity contribution < 1.29 is 19.4 Å².